The van der Waals surface area contributed by atoms with E-state index in [1.165, 1.54) is 7.11 Å². The van der Waals surface area contributed by atoms with E-state index >= 15 is 0 Å². The molecule has 0 unspecified atom stereocenters. The maximum absolute atomic E-state index is 12.1. The van der Waals surface area contributed by atoms with Crippen LogP contribution in [-0.4, -0.2) is 46.5 Å². The minimum atomic E-state index is -0.170. The molecule has 2 rings (SSSR count). The lowest BCUT2D eigenvalue weighted by Crippen LogP contribution is -2.25. The van der Waals surface area contributed by atoms with Crippen molar-refractivity contribution in [1.29, 1.82) is 0 Å². The highest BCUT2D eigenvalue weighted by Crippen LogP contribution is 2.40. The van der Waals surface area contributed by atoms with Crippen LogP contribution in [-0.2, 0) is 4.74 Å². The molecule has 0 aliphatic carbocycles. The van der Waals surface area contributed by atoms with Crippen molar-refractivity contribution in [1.82, 2.24) is 5.32 Å². The highest BCUT2D eigenvalue weighted by Gasteiger charge is 2.20. The molecule has 1 aromatic rings. The SMILES string of the molecule is COCCCNC(=O)c1cc(OC)c2c(c1)OCCO2. The second-order valence-corrected chi connectivity index (χ2v) is 4.30. The van der Waals surface area contributed by atoms with Crippen molar-refractivity contribution in [3.63, 3.8) is 0 Å². The number of carbonyl (C=O) groups excluding carboxylic acids is 1. The summed E-state index contributed by atoms with van der Waals surface area (Å²) in [5.41, 5.74) is 0.489. The molecule has 1 heterocycles. The third-order valence-corrected chi connectivity index (χ3v) is 2.90. The summed E-state index contributed by atoms with van der Waals surface area (Å²) >= 11 is 0. The van der Waals surface area contributed by atoms with Gasteiger partial charge in [-0.05, 0) is 18.6 Å². The molecule has 0 aromatic heterocycles. The first-order valence-corrected chi connectivity index (χ1v) is 6.51. The van der Waals surface area contributed by atoms with Gasteiger partial charge in [-0.15, -0.1) is 0 Å². The van der Waals surface area contributed by atoms with Crippen LogP contribution in [0.25, 0.3) is 0 Å². The molecule has 1 N–H and O–H groups in total. The molecule has 0 bridgehead atoms. The Morgan fingerprint density at radius 3 is 2.85 bits per heavy atom. The third-order valence-electron chi connectivity index (χ3n) is 2.90. The first-order chi connectivity index (χ1) is 9.76. The summed E-state index contributed by atoms with van der Waals surface area (Å²) in [6.07, 6.45) is 0.768. The van der Waals surface area contributed by atoms with Crippen molar-refractivity contribution in [2.75, 3.05) is 40.6 Å². The van der Waals surface area contributed by atoms with Gasteiger partial charge in [0.05, 0.1) is 7.11 Å². The van der Waals surface area contributed by atoms with Crippen LogP contribution < -0.4 is 19.5 Å². The maximum Gasteiger partial charge on any atom is 0.251 e. The Kier molecular flexibility index (Phi) is 5.06. The van der Waals surface area contributed by atoms with E-state index in [0.717, 1.165) is 6.42 Å². The summed E-state index contributed by atoms with van der Waals surface area (Å²) in [4.78, 5) is 12.1. The number of rotatable bonds is 6. The fourth-order valence-electron chi connectivity index (χ4n) is 1.92. The Morgan fingerprint density at radius 2 is 2.10 bits per heavy atom. The molecule has 1 aliphatic rings. The molecule has 0 fully saturated rings. The van der Waals surface area contributed by atoms with E-state index in [9.17, 15) is 4.79 Å². The topological polar surface area (TPSA) is 66.0 Å². The molecule has 6 nitrogen and oxygen atoms in total. The molecule has 0 radical (unpaired) electrons. The van der Waals surface area contributed by atoms with E-state index in [0.29, 0.717) is 49.2 Å². The number of fused-ring (bicyclic) bond motifs is 1. The maximum atomic E-state index is 12.1. The molecule has 1 aliphatic heterocycles. The van der Waals surface area contributed by atoms with E-state index in [1.54, 1.807) is 19.2 Å². The van der Waals surface area contributed by atoms with E-state index in [1.807, 2.05) is 0 Å². The van der Waals surface area contributed by atoms with E-state index in [-0.39, 0.29) is 5.91 Å². The normalized spacial score (nSPS) is 12.9. The van der Waals surface area contributed by atoms with Crippen LogP contribution in [0.2, 0.25) is 0 Å². The van der Waals surface area contributed by atoms with Crippen molar-refractivity contribution < 1.29 is 23.7 Å². The van der Waals surface area contributed by atoms with Gasteiger partial charge in [-0.1, -0.05) is 0 Å². The highest BCUT2D eigenvalue weighted by molar-refractivity contribution is 5.95. The van der Waals surface area contributed by atoms with E-state index in [4.69, 9.17) is 18.9 Å². The average molecular weight is 281 g/mol. The van der Waals surface area contributed by atoms with Crippen molar-refractivity contribution in [3.8, 4) is 17.2 Å². The monoisotopic (exact) mass is 281 g/mol. The van der Waals surface area contributed by atoms with Crippen molar-refractivity contribution in [2.24, 2.45) is 0 Å². The zero-order chi connectivity index (χ0) is 14.4. The fraction of sp³-hybridized carbons (Fsp3) is 0.500. The molecule has 0 spiro atoms. The highest BCUT2D eigenvalue weighted by atomic mass is 16.6. The van der Waals surface area contributed by atoms with E-state index < -0.39 is 0 Å². The predicted molar refractivity (Wildman–Crippen MR) is 72.8 cm³/mol. The molecule has 1 amide bonds. The summed E-state index contributed by atoms with van der Waals surface area (Å²) in [6.45, 7) is 2.12. The van der Waals surface area contributed by atoms with Crippen molar-refractivity contribution in [3.05, 3.63) is 17.7 Å². The summed E-state index contributed by atoms with van der Waals surface area (Å²) in [5, 5.41) is 2.82. The van der Waals surface area contributed by atoms with Gasteiger partial charge >= 0.3 is 0 Å². The molecule has 1 aromatic carbocycles. The third kappa shape index (κ3) is 3.33. The van der Waals surface area contributed by atoms with Crippen molar-refractivity contribution >= 4 is 5.91 Å². The smallest absolute Gasteiger partial charge is 0.251 e. The number of methoxy groups -OCH3 is 2. The first kappa shape index (κ1) is 14.5. The second-order valence-electron chi connectivity index (χ2n) is 4.30. The lowest BCUT2D eigenvalue weighted by Gasteiger charge is -2.21. The zero-order valence-electron chi connectivity index (χ0n) is 11.7. The van der Waals surface area contributed by atoms with E-state index in [2.05, 4.69) is 5.32 Å². The molecule has 0 saturated heterocycles. The number of nitrogens with one attached hydrogen (secondary N) is 1. The lowest BCUT2D eigenvalue weighted by atomic mass is 10.1. The van der Waals surface area contributed by atoms with Gasteiger partial charge in [-0.3, -0.25) is 4.79 Å². The first-order valence-electron chi connectivity index (χ1n) is 6.51. The van der Waals surface area contributed by atoms with Gasteiger partial charge in [0.1, 0.15) is 13.2 Å². The summed E-state index contributed by atoms with van der Waals surface area (Å²) in [6, 6.07) is 3.32. The molecular formula is C14H19NO5. The van der Waals surface area contributed by atoms with Crippen LogP contribution >= 0.6 is 0 Å². The summed E-state index contributed by atoms with van der Waals surface area (Å²) in [5.74, 6) is 1.42. The van der Waals surface area contributed by atoms with Crippen LogP contribution in [0, 0.1) is 0 Å². The van der Waals surface area contributed by atoms with Gasteiger partial charge in [-0.25, -0.2) is 0 Å². The number of carbonyl (C=O) groups is 1. The van der Waals surface area contributed by atoms with Crippen LogP contribution in [0.15, 0.2) is 12.1 Å². The Bertz CT molecular complexity index is 458. The van der Waals surface area contributed by atoms with Gasteiger partial charge in [0, 0.05) is 25.8 Å². The number of amides is 1. The second kappa shape index (κ2) is 7.00. The van der Waals surface area contributed by atoms with Gasteiger partial charge in [0.2, 0.25) is 5.75 Å². The Morgan fingerprint density at radius 1 is 1.30 bits per heavy atom. The Labute approximate surface area is 118 Å². The lowest BCUT2D eigenvalue weighted by molar-refractivity contribution is 0.0946. The van der Waals surface area contributed by atoms with Gasteiger partial charge in [-0.2, -0.15) is 0 Å². The van der Waals surface area contributed by atoms with Crippen LogP contribution in [0.3, 0.4) is 0 Å². The molecule has 6 heteroatoms. The zero-order valence-corrected chi connectivity index (χ0v) is 11.7. The number of hydrogen-bond donors (Lipinski definition) is 1. The molecular weight excluding hydrogens is 262 g/mol. The van der Waals surface area contributed by atoms with Crippen LogP contribution in [0.4, 0.5) is 0 Å². The minimum Gasteiger partial charge on any atom is -0.493 e. The summed E-state index contributed by atoms with van der Waals surface area (Å²) in [7, 11) is 3.17. The van der Waals surface area contributed by atoms with Crippen LogP contribution in [0.1, 0.15) is 16.8 Å². The number of ether oxygens (including phenoxy) is 4. The average Bonchev–Trinajstić information content (AvgIpc) is 2.50. The Balaban J connectivity index is 2.09. The molecule has 110 valence electrons. The molecule has 20 heavy (non-hydrogen) atoms. The van der Waals surface area contributed by atoms with Gasteiger partial charge in [0.15, 0.2) is 11.5 Å². The molecule has 0 atom stereocenters. The van der Waals surface area contributed by atoms with Crippen molar-refractivity contribution in [2.45, 2.75) is 6.42 Å². The number of hydrogen-bond acceptors (Lipinski definition) is 5. The molecule has 0 saturated carbocycles. The Hall–Kier alpha value is -1.95. The summed E-state index contributed by atoms with van der Waals surface area (Å²) < 4.78 is 21.2. The van der Waals surface area contributed by atoms with Crippen LogP contribution in [0.5, 0.6) is 17.2 Å². The largest absolute Gasteiger partial charge is 0.493 e. The quantitative estimate of drug-likeness (QED) is 0.795. The standard InChI is InChI=1S/C14H19NO5/c1-17-5-3-4-15-14(16)10-8-11(18-2)13-12(9-10)19-6-7-20-13/h8-9H,3-7H2,1-2H3,(H,15,16). The van der Waals surface area contributed by atoms with Gasteiger partial charge in [0.25, 0.3) is 5.91 Å². The fourth-order valence-corrected chi connectivity index (χ4v) is 1.92. The van der Waals surface area contributed by atoms with Gasteiger partial charge < -0.3 is 24.3 Å². The predicted octanol–water partition coefficient (Wildman–Crippen LogP) is 1.23. The minimum absolute atomic E-state index is 0.170. The number of benzene rings is 1.